The summed E-state index contributed by atoms with van der Waals surface area (Å²) in [6.07, 6.45) is 0. The van der Waals surface area contributed by atoms with Gasteiger partial charge in [0.1, 0.15) is 5.75 Å². The molecule has 0 heterocycles. The quantitative estimate of drug-likeness (QED) is 0.429. The van der Waals surface area contributed by atoms with Crippen molar-refractivity contribution in [1.82, 2.24) is 0 Å². The Balaban J connectivity index is 3.15. The molecule has 0 amide bonds. The number of hydrogen-bond acceptors (Lipinski definition) is 3. The summed E-state index contributed by atoms with van der Waals surface area (Å²) in [5.74, 6) is -0.271. The predicted octanol–water partition coefficient (Wildman–Crippen LogP) is 2.30. The second-order valence-corrected chi connectivity index (χ2v) is 3.21. The van der Waals surface area contributed by atoms with Crippen molar-refractivity contribution in [1.29, 1.82) is 0 Å². The number of aryl methyl sites for hydroxylation is 1. The van der Waals surface area contributed by atoms with E-state index in [1.54, 1.807) is 12.1 Å². The molecule has 0 bridgehead atoms. The van der Waals surface area contributed by atoms with Crippen LogP contribution in [-0.2, 0) is 4.79 Å². The van der Waals surface area contributed by atoms with Gasteiger partial charge in [-0.05, 0) is 36.2 Å². The van der Waals surface area contributed by atoms with Gasteiger partial charge in [-0.3, -0.25) is 9.59 Å². The van der Waals surface area contributed by atoms with E-state index in [2.05, 4.69) is 0 Å². The number of carbonyl (C=O) groups excluding carboxylic acids is 2. The zero-order chi connectivity index (χ0) is 10.7. The molecule has 0 spiro atoms. The maximum atomic E-state index is 10.9. The second-order valence-electron chi connectivity index (χ2n) is 2.87. The Kier molecular flexibility index (Phi) is 3.25. The third kappa shape index (κ3) is 2.57. The molecule has 0 fully saturated rings. The molecule has 0 atom stereocenters. The molecule has 1 rings (SSSR count). The summed E-state index contributed by atoms with van der Waals surface area (Å²) in [6.45, 7) is 3.10. The van der Waals surface area contributed by atoms with E-state index in [1.807, 2.05) is 6.92 Å². The lowest BCUT2D eigenvalue weighted by Gasteiger charge is -2.05. The number of esters is 1. The SMILES string of the molecule is CC(=O)Oc1cc(C)ccc1C(=O)Cl. The van der Waals surface area contributed by atoms with Crippen molar-refractivity contribution in [2.75, 3.05) is 0 Å². The first-order valence-corrected chi connectivity index (χ1v) is 4.37. The van der Waals surface area contributed by atoms with Gasteiger partial charge in [-0.25, -0.2) is 0 Å². The third-order valence-corrected chi connectivity index (χ3v) is 1.81. The van der Waals surface area contributed by atoms with E-state index in [0.29, 0.717) is 0 Å². The minimum atomic E-state index is -0.638. The average Bonchev–Trinajstić information content (AvgIpc) is 2.01. The first-order valence-electron chi connectivity index (χ1n) is 3.99. The highest BCUT2D eigenvalue weighted by Gasteiger charge is 2.11. The van der Waals surface area contributed by atoms with Crippen LogP contribution in [0.2, 0.25) is 0 Å². The van der Waals surface area contributed by atoms with E-state index in [1.165, 1.54) is 13.0 Å². The van der Waals surface area contributed by atoms with Crippen LogP contribution in [0.25, 0.3) is 0 Å². The molecular weight excluding hydrogens is 204 g/mol. The smallest absolute Gasteiger partial charge is 0.308 e. The Labute approximate surface area is 86.6 Å². The van der Waals surface area contributed by atoms with Gasteiger partial charge in [-0.2, -0.15) is 0 Å². The summed E-state index contributed by atoms with van der Waals surface area (Å²) >= 11 is 5.31. The van der Waals surface area contributed by atoms with Crippen LogP contribution >= 0.6 is 11.6 Å². The fourth-order valence-corrected chi connectivity index (χ4v) is 1.19. The van der Waals surface area contributed by atoms with Crippen LogP contribution in [0.5, 0.6) is 5.75 Å². The molecule has 0 aliphatic heterocycles. The molecule has 14 heavy (non-hydrogen) atoms. The second kappa shape index (κ2) is 4.24. The van der Waals surface area contributed by atoms with Crippen LogP contribution in [0.4, 0.5) is 0 Å². The molecule has 0 saturated heterocycles. The van der Waals surface area contributed by atoms with Crippen molar-refractivity contribution in [3.8, 4) is 5.75 Å². The lowest BCUT2D eigenvalue weighted by Crippen LogP contribution is -2.05. The van der Waals surface area contributed by atoms with Crippen molar-refractivity contribution in [2.45, 2.75) is 13.8 Å². The van der Waals surface area contributed by atoms with Crippen LogP contribution in [0.3, 0.4) is 0 Å². The summed E-state index contributed by atoms with van der Waals surface area (Å²) < 4.78 is 4.84. The van der Waals surface area contributed by atoms with Gasteiger partial charge < -0.3 is 4.74 Å². The van der Waals surface area contributed by atoms with Crippen LogP contribution in [0.15, 0.2) is 18.2 Å². The van der Waals surface area contributed by atoms with E-state index in [9.17, 15) is 9.59 Å². The summed E-state index contributed by atoms with van der Waals surface area (Å²) in [4.78, 5) is 21.7. The highest BCUT2D eigenvalue weighted by atomic mass is 35.5. The number of ether oxygens (including phenoxy) is 1. The summed E-state index contributed by atoms with van der Waals surface area (Å²) in [5.41, 5.74) is 1.09. The van der Waals surface area contributed by atoms with Gasteiger partial charge in [-0.15, -0.1) is 0 Å². The third-order valence-electron chi connectivity index (χ3n) is 1.60. The highest BCUT2D eigenvalue weighted by Crippen LogP contribution is 2.22. The summed E-state index contributed by atoms with van der Waals surface area (Å²) in [5, 5.41) is -0.638. The van der Waals surface area contributed by atoms with Gasteiger partial charge in [0.2, 0.25) is 0 Å². The fraction of sp³-hybridized carbons (Fsp3) is 0.200. The minimum absolute atomic E-state index is 0.201. The molecule has 4 heteroatoms. The molecular formula is C10H9ClO3. The maximum absolute atomic E-state index is 10.9. The Hall–Kier alpha value is -1.35. The standard InChI is InChI=1S/C10H9ClO3/c1-6-3-4-8(10(11)13)9(5-6)14-7(2)12/h3-5H,1-2H3. The minimum Gasteiger partial charge on any atom is -0.426 e. The van der Waals surface area contributed by atoms with Gasteiger partial charge in [0.05, 0.1) is 5.56 Å². The van der Waals surface area contributed by atoms with Crippen molar-refractivity contribution < 1.29 is 14.3 Å². The monoisotopic (exact) mass is 212 g/mol. The van der Waals surface area contributed by atoms with Gasteiger partial charge in [0.15, 0.2) is 0 Å². The molecule has 0 N–H and O–H groups in total. The number of rotatable bonds is 2. The molecule has 0 saturated carbocycles. The summed E-state index contributed by atoms with van der Waals surface area (Å²) in [6, 6.07) is 4.85. The van der Waals surface area contributed by atoms with Crippen LogP contribution in [-0.4, -0.2) is 11.2 Å². The Bertz CT molecular complexity index is 385. The topological polar surface area (TPSA) is 43.4 Å². The van der Waals surface area contributed by atoms with Crippen molar-refractivity contribution in [3.05, 3.63) is 29.3 Å². The molecule has 0 unspecified atom stereocenters. The maximum Gasteiger partial charge on any atom is 0.308 e. The number of carbonyl (C=O) groups is 2. The first kappa shape index (κ1) is 10.7. The van der Waals surface area contributed by atoms with Gasteiger partial charge in [-0.1, -0.05) is 6.07 Å². The molecule has 0 aliphatic carbocycles. The molecule has 0 radical (unpaired) electrons. The normalized spacial score (nSPS) is 9.64. The van der Waals surface area contributed by atoms with E-state index in [0.717, 1.165) is 5.56 Å². The lowest BCUT2D eigenvalue weighted by molar-refractivity contribution is -0.131. The zero-order valence-corrected chi connectivity index (χ0v) is 8.59. The van der Waals surface area contributed by atoms with Crippen molar-refractivity contribution in [3.63, 3.8) is 0 Å². The van der Waals surface area contributed by atoms with E-state index < -0.39 is 11.2 Å². The van der Waals surface area contributed by atoms with Crippen molar-refractivity contribution in [2.24, 2.45) is 0 Å². The molecule has 1 aromatic rings. The number of halogens is 1. The average molecular weight is 213 g/mol. The summed E-state index contributed by atoms with van der Waals surface area (Å²) in [7, 11) is 0. The van der Waals surface area contributed by atoms with E-state index in [4.69, 9.17) is 16.3 Å². The van der Waals surface area contributed by atoms with Gasteiger partial charge >= 0.3 is 5.97 Å². The van der Waals surface area contributed by atoms with Crippen LogP contribution in [0, 0.1) is 6.92 Å². The fourth-order valence-electron chi connectivity index (χ4n) is 1.03. The first-order chi connectivity index (χ1) is 6.50. The molecule has 0 aliphatic rings. The predicted molar refractivity (Wildman–Crippen MR) is 52.7 cm³/mol. The zero-order valence-electron chi connectivity index (χ0n) is 7.83. The van der Waals surface area contributed by atoms with Gasteiger partial charge in [0, 0.05) is 6.92 Å². The number of benzene rings is 1. The molecule has 1 aromatic carbocycles. The Morgan fingerprint density at radius 2 is 2.00 bits per heavy atom. The highest BCUT2D eigenvalue weighted by molar-refractivity contribution is 6.68. The lowest BCUT2D eigenvalue weighted by atomic mass is 10.1. The Morgan fingerprint density at radius 1 is 1.36 bits per heavy atom. The van der Waals surface area contributed by atoms with E-state index >= 15 is 0 Å². The number of hydrogen-bond donors (Lipinski definition) is 0. The van der Waals surface area contributed by atoms with Gasteiger partial charge in [0.25, 0.3) is 5.24 Å². The molecule has 74 valence electrons. The molecule has 3 nitrogen and oxygen atoms in total. The largest absolute Gasteiger partial charge is 0.426 e. The van der Waals surface area contributed by atoms with E-state index in [-0.39, 0.29) is 11.3 Å². The van der Waals surface area contributed by atoms with Crippen LogP contribution in [0.1, 0.15) is 22.8 Å². The van der Waals surface area contributed by atoms with Crippen molar-refractivity contribution >= 4 is 22.8 Å². The Morgan fingerprint density at radius 3 is 2.50 bits per heavy atom. The van der Waals surface area contributed by atoms with Crippen LogP contribution < -0.4 is 4.74 Å². The molecule has 0 aromatic heterocycles.